The van der Waals surface area contributed by atoms with Gasteiger partial charge in [-0.05, 0) is 79.1 Å². The summed E-state index contributed by atoms with van der Waals surface area (Å²) in [5.74, 6) is 0.798. The number of aryl methyl sites for hydroxylation is 2. The zero-order valence-electron chi connectivity index (χ0n) is 17.2. The van der Waals surface area contributed by atoms with Crippen LogP contribution in [0, 0.1) is 13.8 Å². The molecule has 0 bridgehead atoms. The molecule has 0 aliphatic rings. The van der Waals surface area contributed by atoms with Crippen molar-refractivity contribution in [1.82, 2.24) is 0 Å². The van der Waals surface area contributed by atoms with E-state index in [0.29, 0.717) is 22.2 Å². The Kier molecular flexibility index (Phi) is 7.64. The summed E-state index contributed by atoms with van der Waals surface area (Å²) in [6.45, 7) is 3.90. The largest absolute Gasteiger partial charge is 0.325 e. The molecule has 0 unspecified atom stereocenters. The molecule has 0 spiro atoms. The average Bonchev–Trinajstić information content (AvgIpc) is 2.71. The van der Waals surface area contributed by atoms with Gasteiger partial charge in [-0.3, -0.25) is 9.52 Å². The summed E-state index contributed by atoms with van der Waals surface area (Å²) in [4.78, 5) is 12.3. The van der Waals surface area contributed by atoms with Crippen LogP contribution in [0.5, 0.6) is 0 Å². The molecule has 3 aromatic rings. The third-order valence-electron chi connectivity index (χ3n) is 4.60. The van der Waals surface area contributed by atoms with E-state index >= 15 is 0 Å². The van der Waals surface area contributed by atoms with Crippen LogP contribution >= 0.6 is 23.4 Å². The van der Waals surface area contributed by atoms with Crippen LogP contribution in [-0.4, -0.2) is 20.1 Å². The highest BCUT2D eigenvalue weighted by atomic mass is 35.5. The van der Waals surface area contributed by atoms with Crippen molar-refractivity contribution in [2.75, 3.05) is 15.8 Å². The van der Waals surface area contributed by atoms with Gasteiger partial charge in [-0.25, -0.2) is 8.42 Å². The van der Waals surface area contributed by atoms with Crippen LogP contribution in [0.4, 0.5) is 11.4 Å². The van der Waals surface area contributed by atoms with E-state index in [2.05, 4.69) is 10.0 Å². The summed E-state index contributed by atoms with van der Waals surface area (Å²) in [5.41, 5.74) is 4.20. The molecule has 162 valence electrons. The first-order valence-corrected chi connectivity index (χ1v) is 12.6. The van der Waals surface area contributed by atoms with Crippen LogP contribution in [0.3, 0.4) is 0 Å². The van der Waals surface area contributed by atoms with Gasteiger partial charge in [0.1, 0.15) is 0 Å². The van der Waals surface area contributed by atoms with Gasteiger partial charge in [0.25, 0.3) is 10.0 Å². The minimum Gasteiger partial charge on any atom is -0.325 e. The number of hydrogen-bond donors (Lipinski definition) is 2. The van der Waals surface area contributed by atoms with Gasteiger partial charge in [-0.2, -0.15) is 0 Å². The van der Waals surface area contributed by atoms with E-state index in [4.69, 9.17) is 11.6 Å². The second-order valence-electron chi connectivity index (χ2n) is 7.10. The lowest BCUT2D eigenvalue weighted by Gasteiger charge is -2.11. The topological polar surface area (TPSA) is 75.3 Å². The first kappa shape index (κ1) is 23.2. The molecule has 0 saturated heterocycles. The number of halogens is 1. The molecule has 0 heterocycles. The number of carbonyl (C=O) groups is 1. The van der Waals surface area contributed by atoms with Crippen molar-refractivity contribution in [1.29, 1.82) is 0 Å². The Labute approximate surface area is 192 Å². The van der Waals surface area contributed by atoms with Crippen molar-refractivity contribution in [3.8, 4) is 0 Å². The first-order chi connectivity index (χ1) is 14.7. The van der Waals surface area contributed by atoms with Gasteiger partial charge in [0, 0.05) is 22.2 Å². The van der Waals surface area contributed by atoms with E-state index < -0.39 is 10.0 Å². The molecule has 2 N–H and O–H groups in total. The molecular formula is C23H23ClN2O3S2. The Morgan fingerprint density at radius 2 is 1.65 bits per heavy atom. The maximum Gasteiger partial charge on any atom is 0.261 e. The van der Waals surface area contributed by atoms with Crippen LogP contribution in [-0.2, 0) is 20.6 Å². The van der Waals surface area contributed by atoms with E-state index in [1.54, 1.807) is 24.3 Å². The Morgan fingerprint density at radius 1 is 0.935 bits per heavy atom. The summed E-state index contributed by atoms with van der Waals surface area (Å²) in [5, 5.41) is 3.45. The molecule has 1 amide bonds. The van der Waals surface area contributed by atoms with Crippen molar-refractivity contribution < 1.29 is 13.2 Å². The zero-order chi connectivity index (χ0) is 22.4. The molecule has 31 heavy (non-hydrogen) atoms. The number of nitrogens with one attached hydrogen (secondary N) is 2. The maximum atomic E-state index is 12.6. The molecule has 0 aliphatic heterocycles. The van der Waals surface area contributed by atoms with Gasteiger partial charge in [-0.15, -0.1) is 11.8 Å². The molecule has 5 nitrogen and oxygen atoms in total. The molecule has 0 fully saturated rings. The van der Waals surface area contributed by atoms with Crippen LogP contribution in [0.15, 0.2) is 71.6 Å². The third-order valence-corrected chi connectivity index (χ3v) is 7.23. The van der Waals surface area contributed by atoms with Crippen molar-refractivity contribution >= 4 is 50.7 Å². The number of rotatable bonds is 8. The van der Waals surface area contributed by atoms with Crippen molar-refractivity contribution in [3.63, 3.8) is 0 Å². The van der Waals surface area contributed by atoms with Crippen LogP contribution < -0.4 is 10.0 Å². The van der Waals surface area contributed by atoms with Gasteiger partial charge in [-0.1, -0.05) is 29.8 Å². The van der Waals surface area contributed by atoms with Crippen LogP contribution in [0.2, 0.25) is 5.02 Å². The monoisotopic (exact) mass is 474 g/mol. The fourth-order valence-corrected chi connectivity index (χ4v) is 4.86. The smallest absolute Gasteiger partial charge is 0.261 e. The summed E-state index contributed by atoms with van der Waals surface area (Å²) in [6, 6.07) is 19.0. The molecule has 3 rings (SSSR count). The van der Waals surface area contributed by atoms with E-state index in [0.717, 1.165) is 16.7 Å². The number of benzene rings is 3. The maximum absolute atomic E-state index is 12.6. The van der Waals surface area contributed by atoms with Gasteiger partial charge in [0.05, 0.1) is 10.6 Å². The van der Waals surface area contributed by atoms with Gasteiger partial charge < -0.3 is 5.32 Å². The second kappa shape index (κ2) is 10.2. The number of hydrogen-bond acceptors (Lipinski definition) is 4. The number of sulfonamides is 1. The number of amides is 1. The van der Waals surface area contributed by atoms with E-state index in [-0.39, 0.29) is 16.6 Å². The highest BCUT2D eigenvalue weighted by Crippen LogP contribution is 2.21. The first-order valence-electron chi connectivity index (χ1n) is 9.55. The fourth-order valence-electron chi connectivity index (χ4n) is 2.82. The summed E-state index contributed by atoms with van der Waals surface area (Å²) in [6.07, 6.45) is 0. The standard InChI is InChI=1S/C23H23ClN2O3S2/c1-16-6-7-21(12-17(16)2)26-31(28,29)22-10-8-20(9-11-22)25-23(27)15-30-14-18-4-3-5-19(24)13-18/h3-13,26H,14-15H2,1-2H3,(H,25,27). The van der Waals surface area contributed by atoms with E-state index in [1.165, 1.54) is 23.9 Å². The fraction of sp³-hybridized carbons (Fsp3) is 0.174. The molecular weight excluding hydrogens is 452 g/mol. The molecule has 8 heteroatoms. The minimum absolute atomic E-state index is 0.124. The Hall–Kier alpha value is -2.48. The summed E-state index contributed by atoms with van der Waals surface area (Å²) in [7, 11) is -3.71. The molecule has 0 aliphatic carbocycles. The lowest BCUT2D eigenvalue weighted by molar-refractivity contribution is -0.113. The summed E-state index contributed by atoms with van der Waals surface area (Å²) >= 11 is 7.44. The molecule has 0 saturated carbocycles. The van der Waals surface area contributed by atoms with Gasteiger partial charge in [0.15, 0.2) is 0 Å². The van der Waals surface area contributed by atoms with Crippen molar-refractivity contribution in [3.05, 3.63) is 88.4 Å². The second-order valence-corrected chi connectivity index (χ2v) is 10.2. The number of thioether (sulfide) groups is 1. The van der Waals surface area contributed by atoms with Crippen molar-refractivity contribution in [2.24, 2.45) is 0 Å². The van der Waals surface area contributed by atoms with E-state index in [1.807, 2.05) is 44.2 Å². The minimum atomic E-state index is -3.71. The third kappa shape index (κ3) is 6.75. The normalized spacial score (nSPS) is 11.2. The van der Waals surface area contributed by atoms with Gasteiger partial charge in [0.2, 0.25) is 5.91 Å². The lowest BCUT2D eigenvalue weighted by Crippen LogP contribution is -2.15. The zero-order valence-corrected chi connectivity index (χ0v) is 19.6. The Morgan fingerprint density at radius 3 is 2.32 bits per heavy atom. The highest BCUT2D eigenvalue weighted by Gasteiger charge is 2.15. The van der Waals surface area contributed by atoms with Crippen LogP contribution in [0.1, 0.15) is 16.7 Å². The quantitative estimate of drug-likeness (QED) is 0.443. The Bertz CT molecular complexity index is 1180. The molecule has 0 aromatic heterocycles. The SMILES string of the molecule is Cc1ccc(NS(=O)(=O)c2ccc(NC(=O)CSCc3cccc(Cl)c3)cc2)cc1C. The van der Waals surface area contributed by atoms with Crippen LogP contribution in [0.25, 0.3) is 0 Å². The van der Waals surface area contributed by atoms with Crippen molar-refractivity contribution in [2.45, 2.75) is 24.5 Å². The molecule has 0 radical (unpaired) electrons. The number of carbonyl (C=O) groups excluding carboxylic acids is 1. The molecule has 3 aromatic carbocycles. The average molecular weight is 475 g/mol. The Balaban J connectivity index is 1.55. The van der Waals surface area contributed by atoms with Gasteiger partial charge >= 0.3 is 0 Å². The predicted octanol–water partition coefficient (Wildman–Crippen LogP) is 5.63. The molecule has 0 atom stereocenters. The summed E-state index contributed by atoms with van der Waals surface area (Å²) < 4.78 is 27.8. The highest BCUT2D eigenvalue weighted by molar-refractivity contribution is 7.99. The predicted molar refractivity (Wildman–Crippen MR) is 129 cm³/mol. The number of anilines is 2. The van der Waals surface area contributed by atoms with E-state index in [9.17, 15) is 13.2 Å². The lowest BCUT2D eigenvalue weighted by atomic mass is 10.1.